The molecule has 0 aliphatic heterocycles. The van der Waals surface area contributed by atoms with Gasteiger partial charge in [-0.25, -0.2) is 0 Å². The van der Waals surface area contributed by atoms with Crippen LogP contribution >= 0.6 is 11.6 Å². The van der Waals surface area contributed by atoms with Gasteiger partial charge >= 0.3 is 6.01 Å². The van der Waals surface area contributed by atoms with Crippen molar-refractivity contribution in [2.75, 3.05) is 11.9 Å². The minimum absolute atomic E-state index is 0.232. The molecule has 1 heterocycles. The second-order valence-corrected chi connectivity index (χ2v) is 3.27. The van der Waals surface area contributed by atoms with Crippen molar-refractivity contribution in [1.29, 1.82) is 0 Å². The maximum absolute atomic E-state index is 5.58. The first-order valence-corrected chi connectivity index (χ1v) is 5.02. The number of hydrogen-bond acceptors (Lipinski definition) is 4. The Kier molecular flexibility index (Phi) is 2.87. The van der Waals surface area contributed by atoms with Gasteiger partial charge in [0, 0.05) is 12.7 Å². The highest BCUT2D eigenvalue weighted by Gasteiger charge is 2.10. The third-order valence-corrected chi connectivity index (χ3v) is 2.23. The molecular formula is C10H10ClN3O. The fourth-order valence-electron chi connectivity index (χ4n) is 1.20. The molecule has 0 saturated carbocycles. The smallest absolute Gasteiger partial charge is 0.322 e. The van der Waals surface area contributed by atoms with Crippen LogP contribution in [0.2, 0.25) is 0 Å². The summed E-state index contributed by atoms with van der Waals surface area (Å²) in [5.41, 5.74) is 0.988. The van der Waals surface area contributed by atoms with E-state index in [-0.39, 0.29) is 5.88 Å². The van der Waals surface area contributed by atoms with Crippen LogP contribution in [-0.4, -0.2) is 17.2 Å². The molecule has 0 aliphatic rings. The molecule has 2 rings (SSSR count). The number of aromatic nitrogens is 2. The van der Waals surface area contributed by atoms with E-state index >= 15 is 0 Å². The summed E-state index contributed by atoms with van der Waals surface area (Å²) in [6.45, 7) is 0. The maximum Gasteiger partial charge on any atom is 0.322 e. The Morgan fingerprint density at radius 2 is 2.00 bits per heavy atom. The molecule has 2 aromatic rings. The number of alkyl halides is 1. The van der Waals surface area contributed by atoms with Crippen LogP contribution in [0, 0.1) is 0 Å². The molecule has 15 heavy (non-hydrogen) atoms. The Labute approximate surface area is 92.5 Å². The summed E-state index contributed by atoms with van der Waals surface area (Å²) < 4.78 is 5.32. The van der Waals surface area contributed by atoms with Crippen molar-refractivity contribution < 1.29 is 4.42 Å². The van der Waals surface area contributed by atoms with Gasteiger partial charge in [-0.1, -0.05) is 23.3 Å². The van der Waals surface area contributed by atoms with Crippen LogP contribution in [0.5, 0.6) is 0 Å². The van der Waals surface area contributed by atoms with Crippen molar-refractivity contribution in [3.8, 4) is 0 Å². The van der Waals surface area contributed by atoms with Crippen molar-refractivity contribution in [3.05, 3.63) is 36.2 Å². The number of hydrogen-bond donors (Lipinski definition) is 0. The zero-order valence-electron chi connectivity index (χ0n) is 8.22. The van der Waals surface area contributed by atoms with E-state index in [2.05, 4.69) is 10.2 Å². The largest absolute Gasteiger partial charge is 0.406 e. The highest BCUT2D eigenvalue weighted by Crippen LogP contribution is 2.21. The topological polar surface area (TPSA) is 42.2 Å². The number of halogens is 1. The molecule has 0 spiro atoms. The average molecular weight is 224 g/mol. The molecule has 0 amide bonds. The van der Waals surface area contributed by atoms with Gasteiger partial charge in [-0.2, -0.15) is 0 Å². The summed E-state index contributed by atoms with van der Waals surface area (Å²) in [7, 11) is 1.86. The quantitative estimate of drug-likeness (QED) is 0.750. The van der Waals surface area contributed by atoms with Crippen LogP contribution < -0.4 is 4.90 Å². The Hall–Kier alpha value is -1.55. The van der Waals surface area contributed by atoms with E-state index in [1.54, 1.807) is 0 Å². The number of nitrogens with zero attached hydrogens (tertiary/aromatic N) is 3. The Morgan fingerprint density at radius 3 is 2.60 bits per heavy atom. The first-order valence-electron chi connectivity index (χ1n) is 4.48. The summed E-state index contributed by atoms with van der Waals surface area (Å²) in [4.78, 5) is 1.81. The van der Waals surface area contributed by atoms with Crippen molar-refractivity contribution in [1.82, 2.24) is 10.2 Å². The molecule has 0 fully saturated rings. The van der Waals surface area contributed by atoms with Gasteiger partial charge in [0.15, 0.2) is 0 Å². The Balaban J connectivity index is 2.24. The van der Waals surface area contributed by atoms with Gasteiger partial charge < -0.3 is 4.42 Å². The molecule has 0 radical (unpaired) electrons. The molecule has 0 saturated heterocycles. The highest BCUT2D eigenvalue weighted by atomic mass is 35.5. The van der Waals surface area contributed by atoms with Crippen LogP contribution in [0.1, 0.15) is 5.89 Å². The molecule has 0 N–H and O–H groups in total. The van der Waals surface area contributed by atoms with Crippen molar-refractivity contribution >= 4 is 23.3 Å². The van der Waals surface area contributed by atoms with Crippen molar-refractivity contribution in [3.63, 3.8) is 0 Å². The predicted molar refractivity (Wildman–Crippen MR) is 58.4 cm³/mol. The zero-order chi connectivity index (χ0) is 10.7. The summed E-state index contributed by atoms with van der Waals surface area (Å²) in [6, 6.07) is 10.2. The fraction of sp³-hybridized carbons (Fsp3) is 0.200. The van der Waals surface area contributed by atoms with Gasteiger partial charge in [0.2, 0.25) is 5.89 Å². The lowest BCUT2D eigenvalue weighted by molar-refractivity contribution is 0.518. The summed E-state index contributed by atoms with van der Waals surface area (Å²) in [5, 5.41) is 7.68. The van der Waals surface area contributed by atoms with E-state index in [1.807, 2.05) is 42.3 Å². The van der Waals surface area contributed by atoms with Crippen molar-refractivity contribution in [2.45, 2.75) is 5.88 Å². The maximum atomic E-state index is 5.58. The second-order valence-electron chi connectivity index (χ2n) is 3.01. The van der Waals surface area contributed by atoms with Crippen LogP contribution in [0.25, 0.3) is 0 Å². The third kappa shape index (κ3) is 2.10. The SMILES string of the molecule is CN(c1ccccc1)c1nnc(CCl)o1. The fourth-order valence-corrected chi connectivity index (χ4v) is 1.30. The van der Waals surface area contributed by atoms with Gasteiger partial charge in [-0.15, -0.1) is 16.7 Å². The average Bonchev–Trinajstić information content (AvgIpc) is 2.78. The molecule has 0 atom stereocenters. The van der Waals surface area contributed by atoms with Crippen LogP contribution in [0.3, 0.4) is 0 Å². The Morgan fingerprint density at radius 1 is 1.27 bits per heavy atom. The van der Waals surface area contributed by atoms with Gasteiger partial charge in [-0.3, -0.25) is 4.90 Å². The van der Waals surface area contributed by atoms with E-state index < -0.39 is 0 Å². The molecule has 1 aromatic carbocycles. The van der Waals surface area contributed by atoms with Crippen LogP contribution in [0.4, 0.5) is 11.7 Å². The molecule has 0 unspecified atom stereocenters. The van der Waals surface area contributed by atoms with Gasteiger partial charge in [0.1, 0.15) is 5.88 Å². The van der Waals surface area contributed by atoms with E-state index in [9.17, 15) is 0 Å². The molecule has 0 aliphatic carbocycles. The second kappa shape index (κ2) is 4.31. The number of benzene rings is 1. The molecule has 0 bridgehead atoms. The van der Waals surface area contributed by atoms with Gasteiger partial charge in [0.25, 0.3) is 0 Å². The lowest BCUT2D eigenvalue weighted by atomic mass is 10.3. The first kappa shape index (κ1) is 9.98. The monoisotopic (exact) mass is 223 g/mol. The normalized spacial score (nSPS) is 10.3. The molecule has 5 heteroatoms. The van der Waals surface area contributed by atoms with E-state index in [0.717, 1.165) is 5.69 Å². The van der Waals surface area contributed by atoms with Crippen LogP contribution in [-0.2, 0) is 5.88 Å². The summed E-state index contributed by atoms with van der Waals surface area (Å²) in [5.74, 6) is 0.657. The number of rotatable bonds is 3. The minimum Gasteiger partial charge on any atom is -0.406 e. The number of anilines is 2. The van der Waals surface area contributed by atoms with Gasteiger partial charge in [-0.05, 0) is 12.1 Å². The highest BCUT2D eigenvalue weighted by molar-refractivity contribution is 6.16. The van der Waals surface area contributed by atoms with Crippen molar-refractivity contribution in [2.24, 2.45) is 0 Å². The lowest BCUT2D eigenvalue weighted by Gasteiger charge is -2.12. The van der Waals surface area contributed by atoms with Crippen LogP contribution in [0.15, 0.2) is 34.7 Å². The summed E-state index contributed by atoms with van der Waals surface area (Å²) >= 11 is 5.58. The molecule has 1 aromatic heterocycles. The molecular weight excluding hydrogens is 214 g/mol. The lowest BCUT2D eigenvalue weighted by Crippen LogP contribution is -2.09. The standard InChI is InChI=1S/C10H10ClN3O/c1-14(8-5-3-2-4-6-8)10-13-12-9(7-11)15-10/h2-6H,7H2,1H3. The summed E-state index contributed by atoms with van der Waals surface area (Å²) in [6.07, 6.45) is 0. The number of para-hydroxylation sites is 1. The Bertz CT molecular complexity index is 429. The predicted octanol–water partition coefficient (Wildman–Crippen LogP) is 2.58. The molecule has 4 nitrogen and oxygen atoms in total. The van der Waals surface area contributed by atoms with Gasteiger partial charge in [0.05, 0.1) is 0 Å². The minimum atomic E-state index is 0.232. The zero-order valence-corrected chi connectivity index (χ0v) is 8.98. The van der Waals surface area contributed by atoms with E-state index in [0.29, 0.717) is 11.9 Å². The van der Waals surface area contributed by atoms with E-state index in [4.69, 9.17) is 16.0 Å². The first-order chi connectivity index (χ1) is 7.31. The third-order valence-electron chi connectivity index (χ3n) is 2.00. The molecule has 78 valence electrons. The van der Waals surface area contributed by atoms with E-state index in [1.165, 1.54) is 0 Å².